The molecule has 5 nitrogen and oxygen atoms in total. The van der Waals surface area contributed by atoms with E-state index in [1.165, 1.54) is 0 Å². The molecule has 5 heteroatoms. The first-order chi connectivity index (χ1) is 10.0. The van der Waals surface area contributed by atoms with Crippen LogP contribution >= 0.6 is 0 Å². The van der Waals surface area contributed by atoms with E-state index >= 15 is 0 Å². The molecule has 21 heavy (non-hydrogen) atoms. The topological polar surface area (TPSA) is 78.4 Å². The summed E-state index contributed by atoms with van der Waals surface area (Å²) in [5.41, 5.74) is 0. The van der Waals surface area contributed by atoms with Crippen LogP contribution in [0.3, 0.4) is 0 Å². The lowest BCUT2D eigenvalue weighted by Crippen LogP contribution is -2.42. The first-order valence-electron chi connectivity index (χ1n) is 8.29. The zero-order valence-electron chi connectivity index (χ0n) is 13.8. The Labute approximate surface area is 128 Å². The molecule has 2 atom stereocenters. The summed E-state index contributed by atoms with van der Waals surface area (Å²) in [6.07, 6.45) is 6.82. The Hall–Kier alpha value is -1.26. The summed E-state index contributed by atoms with van der Waals surface area (Å²) in [5, 5.41) is 14.6. The van der Waals surface area contributed by atoms with Crippen molar-refractivity contribution in [2.75, 3.05) is 6.54 Å². The number of rotatable bonds is 12. The van der Waals surface area contributed by atoms with Crippen molar-refractivity contribution in [2.24, 2.45) is 5.92 Å². The molecule has 0 aliphatic rings. The number of hydrogen-bond donors (Lipinski definition) is 3. The lowest BCUT2D eigenvalue weighted by Gasteiger charge is -2.18. The van der Waals surface area contributed by atoms with Crippen molar-refractivity contribution in [3.05, 3.63) is 0 Å². The minimum atomic E-state index is -0.743. The highest BCUT2D eigenvalue weighted by molar-refractivity contribution is 5.74. The smallest absolute Gasteiger partial charge is 0.315 e. The van der Waals surface area contributed by atoms with Gasteiger partial charge in [0, 0.05) is 19.0 Å². The Morgan fingerprint density at radius 2 is 1.67 bits per heavy atom. The number of carbonyl (C=O) groups excluding carboxylic acids is 1. The van der Waals surface area contributed by atoms with Gasteiger partial charge in [-0.3, -0.25) is 4.79 Å². The molecule has 0 aliphatic carbocycles. The Bertz CT molecular complexity index is 295. The van der Waals surface area contributed by atoms with E-state index < -0.39 is 5.97 Å². The third kappa shape index (κ3) is 11.1. The van der Waals surface area contributed by atoms with Crippen LogP contribution in [-0.2, 0) is 4.79 Å². The van der Waals surface area contributed by atoms with Crippen LogP contribution in [-0.4, -0.2) is 29.7 Å². The van der Waals surface area contributed by atoms with E-state index in [4.69, 9.17) is 5.11 Å². The summed E-state index contributed by atoms with van der Waals surface area (Å²) in [6.45, 7) is 6.90. The zero-order valence-corrected chi connectivity index (χ0v) is 13.8. The van der Waals surface area contributed by atoms with Gasteiger partial charge in [0.15, 0.2) is 0 Å². The van der Waals surface area contributed by atoms with Crippen molar-refractivity contribution in [3.63, 3.8) is 0 Å². The van der Waals surface area contributed by atoms with Crippen LogP contribution in [0.2, 0.25) is 0 Å². The van der Waals surface area contributed by atoms with E-state index in [9.17, 15) is 9.59 Å². The molecule has 0 spiro atoms. The molecule has 0 radical (unpaired) electrons. The highest BCUT2D eigenvalue weighted by Crippen LogP contribution is 2.17. The van der Waals surface area contributed by atoms with E-state index in [1.807, 2.05) is 0 Å². The Balaban J connectivity index is 3.95. The molecule has 0 aromatic rings. The van der Waals surface area contributed by atoms with Crippen molar-refractivity contribution in [1.82, 2.24) is 10.6 Å². The average Bonchev–Trinajstić information content (AvgIpc) is 2.44. The van der Waals surface area contributed by atoms with Crippen molar-refractivity contribution in [1.29, 1.82) is 0 Å². The van der Waals surface area contributed by atoms with Crippen LogP contribution in [0.15, 0.2) is 0 Å². The maximum atomic E-state index is 11.8. The predicted molar refractivity (Wildman–Crippen MR) is 85.4 cm³/mol. The highest BCUT2D eigenvalue weighted by atomic mass is 16.4. The molecule has 0 bridgehead atoms. The molecular weight excluding hydrogens is 268 g/mol. The Morgan fingerprint density at radius 1 is 1.00 bits per heavy atom. The molecule has 0 heterocycles. The van der Waals surface area contributed by atoms with Crippen LogP contribution in [0.1, 0.15) is 72.1 Å². The van der Waals surface area contributed by atoms with Crippen LogP contribution in [0, 0.1) is 5.92 Å². The average molecular weight is 300 g/mol. The van der Waals surface area contributed by atoms with Crippen LogP contribution in [0.25, 0.3) is 0 Å². The van der Waals surface area contributed by atoms with Gasteiger partial charge in [0.25, 0.3) is 0 Å². The maximum absolute atomic E-state index is 11.8. The molecule has 0 saturated carbocycles. The van der Waals surface area contributed by atoms with E-state index in [2.05, 4.69) is 31.4 Å². The zero-order chi connectivity index (χ0) is 16.1. The molecule has 3 N–H and O–H groups in total. The van der Waals surface area contributed by atoms with E-state index in [-0.39, 0.29) is 18.5 Å². The fourth-order valence-corrected chi connectivity index (χ4v) is 2.52. The molecular formula is C16H32N2O3. The van der Waals surface area contributed by atoms with E-state index in [1.54, 1.807) is 0 Å². The number of urea groups is 1. The van der Waals surface area contributed by atoms with Crippen molar-refractivity contribution < 1.29 is 14.7 Å². The molecule has 0 saturated heterocycles. The summed E-state index contributed by atoms with van der Waals surface area (Å²) >= 11 is 0. The molecule has 0 aliphatic heterocycles. The molecule has 2 amide bonds. The monoisotopic (exact) mass is 300 g/mol. The largest absolute Gasteiger partial charge is 0.481 e. The fraction of sp³-hybridized carbons (Fsp3) is 0.875. The molecule has 0 rings (SSSR count). The van der Waals surface area contributed by atoms with Crippen molar-refractivity contribution in [3.8, 4) is 0 Å². The van der Waals surface area contributed by atoms with Crippen molar-refractivity contribution in [2.45, 2.75) is 78.2 Å². The van der Waals surface area contributed by atoms with E-state index in [0.717, 1.165) is 38.5 Å². The normalized spacial score (nSPS) is 13.5. The third-order valence-corrected chi connectivity index (χ3v) is 3.77. The second-order valence-electron chi connectivity index (χ2n) is 5.67. The van der Waals surface area contributed by atoms with Gasteiger partial charge in [0.2, 0.25) is 0 Å². The van der Waals surface area contributed by atoms with Gasteiger partial charge in [-0.15, -0.1) is 0 Å². The second-order valence-corrected chi connectivity index (χ2v) is 5.67. The summed E-state index contributed by atoms with van der Waals surface area (Å²) in [5.74, 6) is -0.365. The van der Waals surface area contributed by atoms with Gasteiger partial charge in [-0.25, -0.2) is 4.79 Å². The Kier molecular flexibility index (Phi) is 11.7. The summed E-state index contributed by atoms with van der Waals surface area (Å²) in [6, 6.07) is 0.136. The van der Waals surface area contributed by atoms with Gasteiger partial charge in [-0.05, 0) is 31.6 Å². The standard InChI is InChI=1S/C16H32N2O3/c1-4-7-13(9-10-15(19)20)11-12-17-16(21)18-14(6-3)8-5-2/h13-14H,4-12H2,1-3H3,(H,19,20)(H2,17,18,21). The van der Waals surface area contributed by atoms with Crippen LogP contribution in [0.5, 0.6) is 0 Å². The summed E-state index contributed by atoms with van der Waals surface area (Å²) in [4.78, 5) is 22.4. The number of carboxylic acid groups (broad SMARTS) is 1. The SMILES string of the molecule is CCCC(CCNC(=O)NC(CC)CCC)CCC(=O)O. The summed E-state index contributed by atoms with van der Waals surface area (Å²) in [7, 11) is 0. The second kappa shape index (κ2) is 12.5. The first kappa shape index (κ1) is 19.7. The van der Waals surface area contributed by atoms with Gasteiger partial charge in [0.1, 0.15) is 0 Å². The molecule has 0 aromatic carbocycles. The summed E-state index contributed by atoms with van der Waals surface area (Å²) < 4.78 is 0. The van der Waals surface area contributed by atoms with Gasteiger partial charge in [-0.1, -0.05) is 40.0 Å². The maximum Gasteiger partial charge on any atom is 0.315 e. The molecule has 124 valence electrons. The molecule has 0 fully saturated rings. The number of hydrogen-bond acceptors (Lipinski definition) is 2. The van der Waals surface area contributed by atoms with E-state index in [0.29, 0.717) is 18.9 Å². The fourth-order valence-electron chi connectivity index (χ4n) is 2.52. The van der Waals surface area contributed by atoms with Gasteiger partial charge < -0.3 is 15.7 Å². The number of carbonyl (C=O) groups is 2. The minimum absolute atomic E-state index is 0.108. The highest BCUT2D eigenvalue weighted by Gasteiger charge is 2.12. The number of carboxylic acids is 1. The first-order valence-corrected chi connectivity index (χ1v) is 8.29. The van der Waals surface area contributed by atoms with Gasteiger partial charge in [0.05, 0.1) is 0 Å². The van der Waals surface area contributed by atoms with Crippen molar-refractivity contribution >= 4 is 12.0 Å². The molecule has 2 unspecified atom stereocenters. The Morgan fingerprint density at radius 3 is 2.19 bits per heavy atom. The lowest BCUT2D eigenvalue weighted by molar-refractivity contribution is -0.137. The number of nitrogens with one attached hydrogen (secondary N) is 2. The quantitative estimate of drug-likeness (QED) is 0.516. The van der Waals surface area contributed by atoms with Gasteiger partial charge in [-0.2, -0.15) is 0 Å². The minimum Gasteiger partial charge on any atom is -0.481 e. The van der Waals surface area contributed by atoms with Crippen LogP contribution in [0.4, 0.5) is 4.79 Å². The third-order valence-electron chi connectivity index (χ3n) is 3.77. The number of aliphatic carboxylic acids is 1. The molecule has 0 aromatic heterocycles. The predicted octanol–water partition coefficient (Wildman–Crippen LogP) is 3.54. The lowest BCUT2D eigenvalue weighted by atomic mass is 9.94. The van der Waals surface area contributed by atoms with Gasteiger partial charge >= 0.3 is 12.0 Å². The number of amides is 2. The van der Waals surface area contributed by atoms with Crippen LogP contribution < -0.4 is 10.6 Å².